The summed E-state index contributed by atoms with van der Waals surface area (Å²) in [7, 11) is 0. The van der Waals surface area contributed by atoms with Gasteiger partial charge < -0.3 is 4.98 Å². The smallest absolute Gasteiger partial charge is 0.151 e. The van der Waals surface area contributed by atoms with E-state index < -0.39 is 0 Å². The summed E-state index contributed by atoms with van der Waals surface area (Å²) in [5, 5.41) is 0. The summed E-state index contributed by atoms with van der Waals surface area (Å²) in [6, 6.07) is 13.0. The Morgan fingerprint density at radius 1 is 1.11 bits per heavy atom. The van der Waals surface area contributed by atoms with Gasteiger partial charge in [0.25, 0.3) is 0 Å². The number of rotatable bonds is 2. The molecular formula is C14H11FN2S. The first-order valence-corrected chi connectivity index (χ1v) is 6.79. The molecule has 0 amide bonds. The first-order chi connectivity index (χ1) is 8.78. The van der Waals surface area contributed by atoms with Crippen LogP contribution >= 0.6 is 11.8 Å². The van der Waals surface area contributed by atoms with Gasteiger partial charge in [0, 0.05) is 10.5 Å². The Hall–Kier alpha value is -1.81. The monoisotopic (exact) mass is 258 g/mol. The topological polar surface area (TPSA) is 28.7 Å². The van der Waals surface area contributed by atoms with Crippen molar-refractivity contribution in [1.29, 1.82) is 0 Å². The summed E-state index contributed by atoms with van der Waals surface area (Å²) in [6.45, 7) is 0. The molecule has 0 saturated carbocycles. The van der Waals surface area contributed by atoms with Gasteiger partial charge in [0.1, 0.15) is 11.3 Å². The fourth-order valence-corrected chi connectivity index (χ4v) is 2.29. The zero-order valence-corrected chi connectivity index (χ0v) is 10.6. The summed E-state index contributed by atoms with van der Waals surface area (Å²) >= 11 is 1.69. The summed E-state index contributed by atoms with van der Waals surface area (Å²) < 4.78 is 13.5. The van der Waals surface area contributed by atoms with Crippen molar-refractivity contribution in [2.24, 2.45) is 0 Å². The van der Waals surface area contributed by atoms with Crippen molar-refractivity contribution in [3.8, 4) is 11.4 Å². The fraction of sp³-hybridized carbons (Fsp3) is 0.0714. The predicted octanol–water partition coefficient (Wildman–Crippen LogP) is 4.09. The molecule has 2 nitrogen and oxygen atoms in total. The number of halogens is 1. The summed E-state index contributed by atoms with van der Waals surface area (Å²) in [4.78, 5) is 8.63. The number of nitrogens with zero attached hydrogens (tertiary/aromatic N) is 1. The first kappa shape index (κ1) is 11.3. The van der Waals surface area contributed by atoms with Gasteiger partial charge in [-0.25, -0.2) is 9.37 Å². The standard InChI is InChI=1S/C14H11FN2S/c1-18-10-7-5-9(6-8-10)14-16-12-4-2-3-11(15)13(12)17-14/h2-8H,1H3,(H,16,17). The van der Waals surface area contributed by atoms with Crippen molar-refractivity contribution in [2.75, 3.05) is 6.26 Å². The molecule has 4 heteroatoms. The van der Waals surface area contributed by atoms with Crippen LogP contribution in [0.4, 0.5) is 4.39 Å². The zero-order chi connectivity index (χ0) is 12.5. The largest absolute Gasteiger partial charge is 0.338 e. The number of para-hydroxylation sites is 1. The first-order valence-electron chi connectivity index (χ1n) is 5.56. The average molecular weight is 258 g/mol. The number of benzene rings is 2. The molecule has 0 aliphatic rings. The van der Waals surface area contributed by atoms with E-state index in [0.29, 0.717) is 11.3 Å². The van der Waals surface area contributed by atoms with Crippen LogP contribution in [0.3, 0.4) is 0 Å². The van der Waals surface area contributed by atoms with E-state index in [1.54, 1.807) is 17.8 Å². The van der Waals surface area contributed by atoms with Gasteiger partial charge in [0.15, 0.2) is 5.82 Å². The second-order valence-corrected chi connectivity index (χ2v) is 4.83. The number of aromatic nitrogens is 2. The highest BCUT2D eigenvalue weighted by Gasteiger charge is 2.08. The molecule has 1 aromatic heterocycles. The molecule has 18 heavy (non-hydrogen) atoms. The quantitative estimate of drug-likeness (QED) is 0.701. The molecule has 0 aliphatic heterocycles. The van der Waals surface area contributed by atoms with Crippen molar-refractivity contribution in [3.63, 3.8) is 0 Å². The fourth-order valence-electron chi connectivity index (χ4n) is 1.88. The van der Waals surface area contributed by atoms with Gasteiger partial charge in [-0.15, -0.1) is 11.8 Å². The van der Waals surface area contributed by atoms with E-state index in [0.717, 1.165) is 11.1 Å². The SMILES string of the molecule is CSc1ccc(-c2nc3c(F)cccc3[nH]2)cc1. The number of thioether (sulfide) groups is 1. The van der Waals surface area contributed by atoms with Crippen LogP contribution in [0.15, 0.2) is 47.4 Å². The van der Waals surface area contributed by atoms with Crippen LogP contribution in [0.2, 0.25) is 0 Å². The molecule has 0 bridgehead atoms. The highest BCUT2D eigenvalue weighted by Crippen LogP contribution is 2.24. The second kappa shape index (κ2) is 4.46. The average Bonchev–Trinajstić information content (AvgIpc) is 2.84. The van der Waals surface area contributed by atoms with Crippen LogP contribution < -0.4 is 0 Å². The third-order valence-electron chi connectivity index (χ3n) is 2.83. The van der Waals surface area contributed by atoms with Gasteiger partial charge in [-0.3, -0.25) is 0 Å². The highest BCUT2D eigenvalue weighted by molar-refractivity contribution is 7.98. The maximum Gasteiger partial charge on any atom is 0.151 e. The Balaban J connectivity index is 2.10. The van der Waals surface area contributed by atoms with E-state index >= 15 is 0 Å². The molecule has 1 N–H and O–H groups in total. The van der Waals surface area contributed by atoms with Crippen LogP contribution in [-0.4, -0.2) is 16.2 Å². The van der Waals surface area contributed by atoms with E-state index in [1.165, 1.54) is 11.0 Å². The van der Waals surface area contributed by atoms with Crippen molar-refractivity contribution in [3.05, 3.63) is 48.3 Å². The van der Waals surface area contributed by atoms with Crippen molar-refractivity contribution in [1.82, 2.24) is 9.97 Å². The maximum atomic E-state index is 13.5. The van der Waals surface area contributed by atoms with E-state index in [1.807, 2.05) is 36.6 Å². The molecule has 0 saturated heterocycles. The Labute approximate surface area is 108 Å². The van der Waals surface area contributed by atoms with Gasteiger partial charge >= 0.3 is 0 Å². The third-order valence-corrected chi connectivity index (χ3v) is 3.57. The van der Waals surface area contributed by atoms with Gasteiger partial charge in [-0.05, 0) is 30.5 Å². The lowest BCUT2D eigenvalue weighted by molar-refractivity contribution is 0.637. The van der Waals surface area contributed by atoms with Gasteiger partial charge in [0.05, 0.1) is 5.52 Å². The van der Waals surface area contributed by atoms with E-state index in [-0.39, 0.29) is 5.82 Å². The van der Waals surface area contributed by atoms with Crippen LogP contribution in [0.1, 0.15) is 0 Å². The van der Waals surface area contributed by atoms with Crippen molar-refractivity contribution >= 4 is 22.8 Å². The molecule has 90 valence electrons. The van der Waals surface area contributed by atoms with Gasteiger partial charge in [-0.1, -0.05) is 18.2 Å². The zero-order valence-electron chi connectivity index (χ0n) is 9.77. The Morgan fingerprint density at radius 2 is 1.89 bits per heavy atom. The second-order valence-electron chi connectivity index (χ2n) is 3.95. The minimum Gasteiger partial charge on any atom is -0.338 e. The minimum atomic E-state index is -0.296. The molecule has 2 aromatic carbocycles. The molecule has 0 atom stereocenters. The number of fused-ring (bicyclic) bond motifs is 1. The number of aromatic amines is 1. The Kier molecular flexibility index (Phi) is 2.80. The Morgan fingerprint density at radius 3 is 2.56 bits per heavy atom. The third kappa shape index (κ3) is 1.88. The molecule has 0 unspecified atom stereocenters. The van der Waals surface area contributed by atoms with Crippen LogP contribution in [-0.2, 0) is 0 Å². The Bertz CT molecular complexity index is 689. The predicted molar refractivity (Wildman–Crippen MR) is 73.3 cm³/mol. The molecule has 0 radical (unpaired) electrons. The molecule has 3 rings (SSSR count). The molecule has 3 aromatic rings. The highest BCUT2D eigenvalue weighted by atomic mass is 32.2. The van der Waals surface area contributed by atoms with Crippen LogP contribution in [0.5, 0.6) is 0 Å². The van der Waals surface area contributed by atoms with E-state index in [4.69, 9.17) is 0 Å². The normalized spacial score (nSPS) is 11.0. The van der Waals surface area contributed by atoms with Crippen molar-refractivity contribution in [2.45, 2.75) is 4.90 Å². The number of H-pyrrole nitrogens is 1. The number of hydrogen-bond donors (Lipinski definition) is 1. The van der Waals surface area contributed by atoms with Crippen molar-refractivity contribution < 1.29 is 4.39 Å². The van der Waals surface area contributed by atoms with E-state index in [2.05, 4.69) is 9.97 Å². The lowest BCUT2D eigenvalue weighted by Crippen LogP contribution is -1.80. The molecule has 0 spiro atoms. The number of imidazole rings is 1. The summed E-state index contributed by atoms with van der Waals surface area (Å²) in [6.07, 6.45) is 2.03. The molecule has 0 fully saturated rings. The summed E-state index contributed by atoms with van der Waals surface area (Å²) in [5.41, 5.74) is 2.07. The van der Waals surface area contributed by atoms with Gasteiger partial charge in [0.2, 0.25) is 0 Å². The van der Waals surface area contributed by atoms with Crippen LogP contribution in [0.25, 0.3) is 22.4 Å². The summed E-state index contributed by atoms with van der Waals surface area (Å²) in [5.74, 6) is 0.401. The maximum absolute atomic E-state index is 13.5. The van der Waals surface area contributed by atoms with Crippen LogP contribution in [0, 0.1) is 5.82 Å². The lowest BCUT2D eigenvalue weighted by atomic mass is 10.2. The van der Waals surface area contributed by atoms with Gasteiger partial charge in [-0.2, -0.15) is 0 Å². The lowest BCUT2D eigenvalue weighted by Gasteiger charge is -1.98. The molecule has 0 aliphatic carbocycles. The number of nitrogens with one attached hydrogen (secondary N) is 1. The molecule has 1 heterocycles. The number of hydrogen-bond acceptors (Lipinski definition) is 2. The van der Waals surface area contributed by atoms with E-state index in [9.17, 15) is 4.39 Å². The minimum absolute atomic E-state index is 0.296. The molecular weight excluding hydrogens is 247 g/mol.